The number of ether oxygens (including phenoxy) is 1. The maximum absolute atomic E-state index is 13.6. The number of carbonyl (C=O) groups is 2. The van der Waals surface area contributed by atoms with Crippen molar-refractivity contribution in [1.82, 2.24) is 4.90 Å². The van der Waals surface area contributed by atoms with E-state index in [-0.39, 0.29) is 31.8 Å². The number of carboxylic acid groups (broad SMARTS) is 1. The third-order valence-corrected chi connectivity index (χ3v) is 2.25. The van der Waals surface area contributed by atoms with E-state index in [1.807, 2.05) is 0 Å². The summed E-state index contributed by atoms with van der Waals surface area (Å²) in [7, 11) is 0. The summed E-state index contributed by atoms with van der Waals surface area (Å²) in [4.78, 5) is 23.2. The number of rotatable bonds is 1. The Morgan fingerprint density at radius 3 is 2.29 bits per heavy atom. The van der Waals surface area contributed by atoms with Gasteiger partial charge in [-0.15, -0.1) is 0 Å². The fourth-order valence-corrected chi connectivity index (χ4v) is 1.43. The molecule has 0 bridgehead atoms. The summed E-state index contributed by atoms with van der Waals surface area (Å²) in [6.45, 7) is 4.71. The van der Waals surface area contributed by atoms with Gasteiger partial charge in [-0.3, -0.25) is 0 Å². The van der Waals surface area contributed by atoms with Crippen LogP contribution in [0.3, 0.4) is 0 Å². The van der Waals surface area contributed by atoms with Gasteiger partial charge in [-0.1, -0.05) is 0 Å². The number of carboxylic acids is 1. The quantitative estimate of drug-likeness (QED) is 0.688. The third-order valence-electron chi connectivity index (χ3n) is 2.25. The van der Waals surface area contributed by atoms with E-state index in [0.29, 0.717) is 0 Å². The van der Waals surface area contributed by atoms with E-state index in [4.69, 9.17) is 9.84 Å². The second-order valence-corrected chi connectivity index (χ2v) is 4.92. The SMILES string of the molecule is CC(C)(C)OC(=O)N1CC[C@@](F)(C(=O)O)C1.[LiH]. The summed E-state index contributed by atoms with van der Waals surface area (Å²) >= 11 is 0. The number of alkyl halides is 1. The molecule has 1 rings (SSSR count). The summed E-state index contributed by atoms with van der Waals surface area (Å²) in [6.07, 6.45) is -0.866. The van der Waals surface area contributed by atoms with Crippen molar-refractivity contribution in [3.63, 3.8) is 0 Å². The molecule has 0 spiro atoms. The standard InChI is InChI=1S/C10H16FNO4.Li.H/c1-9(2,3)16-8(15)12-5-4-10(11,6-12)7(13)14;;/h4-6H2,1-3H3,(H,13,14);;/t10-;;/m0../s1. The first kappa shape index (κ1) is 16.3. The average Bonchev–Trinajstić information content (AvgIpc) is 2.46. The minimum atomic E-state index is -2.34. The molecule has 7 heteroatoms. The Morgan fingerprint density at radius 1 is 1.41 bits per heavy atom. The molecule has 1 heterocycles. The van der Waals surface area contributed by atoms with Gasteiger partial charge in [0.2, 0.25) is 5.67 Å². The summed E-state index contributed by atoms with van der Waals surface area (Å²) in [6, 6.07) is 0. The number of aliphatic carboxylic acids is 1. The van der Waals surface area contributed by atoms with Crippen LogP contribution in [0.2, 0.25) is 0 Å². The van der Waals surface area contributed by atoms with Crippen LogP contribution in [-0.4, -0.2) is 65.3 Å². The van der Waals surface area contributed by atoms with Gasteiger partial charge in [0.1, 0.15) is 5.60 Å². The van der Waals surface area contributed by atoms with Crippen molar-refractivity contribution in [3.8, 4) is 0 Å². The number of likely N-dealkylation sites (tertiary alicyclic amines) is 1. The number of halogens is 1. The fraction of sp³-hybridized carbons (Fsp3) is 0.800. The topological polar surface area (TPSA) is 66.8 Å². The molecule has 0 unspecified atom stereocenters. The summed E-state index contributed by atoms with van der Waals surface area (Å²) < 4.78 is 18.7. The number of hydrogen-bond acceptors (Lipinski definition) is 3. The Morgan fingerprint density at radius 2 is 1.94 bits per heavy atom. The van der Waals surface area contributed by atoms with Crippen LogP contribution in [0.15, 0.2) is 0 Å². The molecule has 0 aromatic heterocycles. The van der Waals surface area contributed by atoms with Crippen LogP contribution in [0.1, 0.15) is 27.2 Å². The Balaban J connectivity index is 0.00000256. The number of nitrogens with zero attached hydrogens (tertiary/aromatic N) is 1. The molecule has 1 N–H and O–H groups in total. The van der Waals surface area contributed by atoms with Crippen LogP contribution >= 0.6 is 0 Å². The minimum absolute atomic E-state index is 0. The Labute approximate surface area is 111 Å². The summed E-state index contributed by atoms with van der Waals surface area (Å²) in [5.41, 5.74) is -3.00. The zero-order valence-corrected chi connectivity index (χ0v) is 9.62. The molecule has 1 aliphatic rings. The van der Waals surface area contributed by atoms with E-state index in [1.165, 1.54) is 0 Å². The molecule has 1 saturated heterocycles. The van der Waals surface area contributed by atoms with Crippen molar-refractivity contribution in [2.45, 2.75) is 38.5 Å². The van der Waals surface area contributed by atoms with E-state index in [0.717, 1.165) is 4.90 Å². The first-order chi connectivity index (χ1) is 7.14. The van der Waals surface area contributed by atoms with Gasteiger partial charge in [-0.25, -0.2) is 14.0 Å². The molecule has 94 valence electrons. The first-order valence-electron chi connectivity index (χ1n) is 5.04. The molecule has 1 fully saturated rings. The molecule has 17 heavy (non-hydrogen) atoms. The van der Waals surface area contributed by atoms with Gasteiger partial charge in [0, 0.05) is 13.0 Å². The van der Waals surface area contributed by atoms with Crippen LogP contribution in [0.25, 0.3) is 0 Å². The molecule has 0 saturated carbocycles. The first-order valence-corrected chi connectivity index (χ1v) is 5.04. The van der Waals surface area contributed by atoms with Crippen LogP contribution in [-0.2, 0) is 9.53 Å². The Kier molecular flexibility index (Phi) is 5.05. The zero-order chi connectivity index (χ0) is 12.6. The molecule has 1 amide bonds. The second-order valence-electron chi connectivity index (χ2n) is 4.92. The van der Waals surface area contributed by atoms with Crippen molar-refractivity contribution in [3.05, 3.63) is 0 Å². The molecule has 0 aromatic rings. The monoisotopic (exact) mass is 241 g/mol. The number of carbonyl (C=O) groups excluding carboxylic acids is 1. The molecule has 0 radical (unpaired) electrons. The molecule has 5 nitrogen and oxygen atoms in total. The number of hydrogen-bond donors (Lipinski definition) is 1. The van der Waals surface area contributed by atoms with Crippen molar-refractivity contribution >= 4 is 30.9 Å². The van der Waals surface area contributed by atoms with Crippen LogP contribution in [0.4, 0.5) is 9.18 Å². The summed E-state index contributed by atoms with van der Waals surface area (Å²) in [5, 5.41) is 8.65. The summed E-state index contributed by atoms with van der Waals surface area (Å²) in [5.74, 6) is -1.53. The predicted octanol–water partition coefficient (Wildman–Crippen LogP) is 0.772. The van der Waals surface area contributed by atoms with Crippen LogP contribution < -0.4 is 0 Å². The normalized spacial score (nSPS) is 24.1. The van der Waals surface area contributed by atoms with Gasteiger partial charge in [0.25, 0.3) is 0 Å². The molecular formula is C10H17FLiNO4. The van der Waals surface area contributed by atoms with Gasteiger partial charge >= 0.3 is 30.9 Å². The van der Waals surface area contributed by atoms with E-state index in [9.17, 15) is 14.0 Å². The molecule has 1 atom stereocenters. The van der Waals surface area contributed by atoms with E-state index in [2.05, 4.69) is 0 Å². The van der Waals surface area contributed by atoms with Crippen molar-refractivity contribution in [2.24, 2.45) is 0 Å². The van der Waals surface area contributed by atoms with E-state index >= 15 is 0 Å². The fourth-order valence-electron chi connectivity index (χ4n) is 1.43. The third kappa shape index (κ3) is 4.21. The molecule has 0 aromatic carbocycles. The van der Waals surface area contributed by atoms with Crippen LogP contribution in [0.5, 0.6) is 0 Å². The zero-order valence-electron chi connectivity index (χ0n) is 9.62. The Hall–Kier alpha value is -0.733. The van der Waals surface area contributed by atoms with Crippen LogP contribution in [0, 0.1) is 0 Å². The van der Waals surface area contributed by atoms with E-state index in [1.54, 1.807) is 20.8 Å². The van der Waals surface area contributed by atoms with Gasteiger partial charge < -0.3 is 14.7 Å². The number of amides is 1. The Bertz CT molecular complexity index is 318. The van der Waals surface area contributed by atoms with Gasteiger partial charge in [-0.05, 0) is 20.8 Å². The van der Waals surface area contributed by atoms with Crippen molar-refractivity contribution in [2.75, 3.05) is 13.1 Å². The van der Waals surface area contributed by atoms with Gasteiger partial charge in [-0.2, -0.15) is 0 Å². The molecule has 1 aliphatic heterocycles. The van der Waals surface area contributed by atoms with Gasteiger partial charge in [0.15, 0.2) is 0 Å². The van der Waals surface area contributed by atoms with Crippen molar-refractivity contribution < 1.29 is 23.8 Å². The average molecular weight is 241 g/mol. The maximum atomic E-state index is 13.6. The van der Waals surface area contributed by atoms with Crippen molar-refractivity contribution in [1.29, 1.82) is 0 Å². The predicted molar refractivity (Wildman–Crippen MR) is 61.0 cm³/mol. The molecular weight excluding hydrogens is 224 g/mol. The molecule has 0 aliphatic carbocycles. The van der Waals surface area contributed by atoms with E-state index < -0.39 is 29.9 Å². The second kappa shape index (κ2) is 5.28. The van der Waals surface area contributed by atoms with Gasteiger partial charge in [0.05, 0.1) is 6.54 Å².